The van der Waals surface area contributed by atoms with Crippen molar-refractivity contribution in [1.82, 2.24) is 0 Å². The molecule has 2 amide bonds. The lowest BCUT2D eigenvalue weighted by Crippen LogP contribution is -2.30. The van der Waals surface area contributed by atoms with Gasteiger partial charge in [-0.2, -0.15) is 0 Å². The van der Waals surface area contributed by atoms with E-state index in [1.807, 2.05) is 0 Å². The standard InChI is InChI=1S/C19H19ClN2O6S/c1-11-10-29(25,26)22(19(11)24)13-5-6-14(15(20)9-13)18(23)21-12-4-7-16(27-2)17(8-12)28-3/h4-9,11H,10H2,1-3H3,(H,21,23). The van der Waals surface area contributed by atoms with Crippen LogP contribution in [0.3, 0.4) is 0 Å². The molecule has 1 saturated heterocycles. The largest absolute Gasteiger partial charge is 0.493 e. The minimum absolute atomic E-state index is 0.0167. The van der Waals surface area contributed by atoms with Crippen LogP contribution in [0.5, 0.6) is 11.5 Å². The van der Waals surface area contributed by atoms with Crippen LogP contribution in [0.25, 0.3) is 0 Å². The maximum Gasteiger partial charge on any atom is 0.257 e. The molecule has 1 heterocycles. The first-order valence-corrected chi connectivity index (χ1v) is 10.6. The van der Waals surface area contributed by atoms with E-state index in [1.54, 1.807) is 25.1 Å². The smallest absolute Gasteiger partial charge is 0.257 e. The van der Waals surface area contributed by atoms with Crippen LogP contribution < -0.4 is 19.1 Å². The number of methoxy groups -OCH3 is 2. The van der Waals surface area contributed by atoms with E-state index in [9.17, 15) is 18.0 Å². The van der Waals surface area contributed by atoms with Gasteiger partial charge in [-0.05, 0) is 30.3 Å². The van der Waals surface area contributed by atoms with Crippen LogP contribution in [0.15, 0.2) is 36.4 Å². The van der Waals surface area contributed by atoms with E-state index in [0.29, 0.717) is 17.2 Å². The molecule has 2 aromatic rings. The molecular formula is C19H19ClN2O6S. The van der Waals surface area contributed by atoms with Crippen molar-refractivity contribution in [2.75, 3.05) is 29.6 Å². The molecule has 0 bridgehead atoms. The van der Waals surface area contributed by atoms with Gasteiger partial charge in [0.15, 0.2) is 11.5 Å². The number of nitrogens with zero attached hydrogens (tertiary/aromatic N) is 1. The fourth-order valence-corrected chi connectivity index (χ4v) is 5.09. The topological polar surface area (TPSA) is 102 Å². The number of amides is 2. The van der Waals surface area contributed by atoms with Crippen molar-refractivity contribution in [3.05, 3.63) is 47.0 Å². The van der Waals surface area contributed by atoms with Crippen molar-refractivity contribution in [3.8, 4) is 11.5 Å². The summed E-state index contributed by atoms with van der Waals surface area (Å²) in [6.07, 6.45) is 0. The van der Waals surface area contributed by atoms with E-state index >= 15 is 0 Å². The average Bonchev–Trinajstić information content (AvgIpc) is 2.88. The summed E-state index contributed by atoms with van der Waals surface area (Å²) in [4.78, 5) is 24.8. The Bertz CT molecular complexity index is 1090. The van der Waals surface area contributed by atoms with Crippen LogP contribution in [0.2, 0.25) is 5.02 Å². The zero-order chi connectivity index (χ0) is 21.3. The quantitative estimate of drug-likeness (QED) is 0.770. The van der Waals surface area contributed by atoms with Crippen molar-refractivity contribution < 1.29 is 27.5 Å². The van der Waals surface area contributed by atoms with Crippen molar-refractivity contribution in [3.63, 3.8) is 0 Å². The van der Waals surface area contributed by atoms with Gasteiger partial charge < -0.3 is 14.8 Å². The number of carbonyl (C=O) groups excluding carboxylic acids is 2. The van der Waals surface area contributed by atoms with Gasteiger partial charge in [-0.3, -0.25) is 9.59 Å². The molecule has 8 nitrogen and oxygen atoms in total. The summed E-state index contributed by atoms with van der Waals surface area (Å²) in [5.41, 5.74) is 0.688. The molecule has 1 atom stereocenters. The number of ether oxygens (including phenoxy) is 2. The number of anilines is 2. The second-order valence-electron chi connectivity index (χ2n) is 6.47. The van der Waals surface area contributed by atoms with Gasteiger partial charge in [-0.15, -0.1) is 0 Å². The molecule has 0 aliphatic carbocycles. The van der Waals surface area contributed by atoms with E-state index in [0.717, 1.165) is 4.31 Å². The Morgan fingerprint density at radius 3 is 2.38 bits per heavy atom. The van der Waals surface area contributed by atoms with Crippen LogP contribution in [0.4, 0.5) is 11.4 Å². The summed E-state index contributed by atoms with van der Waals surface area (Å²) in [5.74, 6) is -0.962. The van der Waals surface area contributed by atoms with Gasteiger partial charge in [0.2, 0.25) is 15.9 Å². The first-order chi connectivity index (χ1) is 13.7. The minimum atomic E-state index is -3.75. The first-order valence-electron chi connectivity index (χ1n) is 8.57. The van der Waals surface area contributed by atoms with Crippen molar-refractivity contribution >= 4 is 44.8 Å². The molecule has 1 aliphatic heterocycles. The van der Waals surface area contributed by atoms with Crippen LogP contribution in [-0.2, 0) is 14.8 Å². The highest BCUT2D eigenvalue weighted by molar-refractivity contribution is 7.94. The lowest BCUT2D eigenvalue weighted by Gasteiger charge is -2.16. The number of halogens is 1. The second kappa shape index (κ2) is 7.92. The molecule has 3 rings (SSSR count). The number of carbonyl (C=O) groups is 2. The maximum absolute atomic E-state index is 12.6. The summed E-state index contributed by atoms with van der Waals surface area (Å²) in [5, 5.41) is 2.71. The summed E-state index contributed by atoms with van der Waals surface area (Å²) in [6, 6.07) is 8.92. The lowest BCUT2D eigenvalue weighted by molar-refractivity contribution is -0.119. The predicted molar refractivity (Wildman–Crippen MR) is 109 cm³/mol. The maximum atomic E-state index is 12.6. The van der Waals surface area contributed by atoms with Gasteiger partial charge in [0.05, 0.1) is 42.2 Å². The molecule has 0 radical (unpaired) electrons. The third-order valence-corrected chi connectivity index (χ3v) is 6.61. The molecule has 0 spiro atoms. The zero-order valence-corrected chi connectivity index (χ0v) is 17.5. The van der Waals surface area contributed by atoms with Crippen LogP contribution in [0, 0.1) is 5.92 Å². The molecule has 29 heavy (non-hydrogen) atoms. The van der Waals surface area contributed by atoms with Gasteiger partial charge in [-0.25, -0.2) is 12.7 Å². The molecule has 1 aliphatic rings. The summed E-state index contributed by atoms with van der Waals surface area (Å²) < 4.78 is 35.5. The number of rotatable bonds is 5. The Morgan fingerprint density at radius 1 is 1.14 bits per heavy atom. The first kappa shape index (κ1) is 20.9. The number of sulfonamides is 1. The fraction of sp³-hybridized carbons (Fsp3) is 0.263. The SMILES string of the molecule is COc1ccc(NC(=O)c2ccc(N3C(=O)C(C)CS3(=O)=O)cc2Cl)cc1OC. The molecule has 10 heteroatoms. The highest BCUT2D eigenvalue weighted by Crippen LogP contribution is 2.33. The normalized spacial score (nSPS) is 17.9. The molecule has 1 unspecified atom stereocenters. The van der Waals surface area contributed by atoms with Crippen molar-refractivity contribution in [1.29, 1.82) is 0 Å². The van der Waals surface area contributed by atoms with Gasteiger partial charge in [0, 0.05) is 11.8 Å². The highest BCUT2D eigenvalue weighted by atomic mass is 35.5. The van der Waals surface area contributed by atoms with Crippen molar-refractivity contribution in [2.24, 2.45) is 5.92 Å². The Morgan fingerprint density at radius 2 is 1.83 bits per heavy atom. The second-order valence-corrected chi connectivity index (χ2v) is 8.74. The van der Waals surface area contributed by atoms with Gasteiger partial charge >= 0.3 is 0 Å². The van der Waals surface area contributed by atoms with E-state index in [-0.39, 0.29) is 22.0 Å². The summed E-state index contributed by atoms with van der Waals surface area (Å²) in [6.45, 7) is 1.55. The molecule has 0 aromatic heterocycles. The number of hydrogen-bond donors (Lipinski definition) is 1. The van der Waals surface area contributed by atoms with E-state index in [1.165, 1.54) is 32.4 Å². The predicted octanol–water partition coefficient (Wildman–Crippen LogP) is 2.92. The number of nitrogens with one attached hydrogen (secondary N) is 1. The Labute approximate surface area is 173 Å². The summed E-state index contributed by atoms with van der Waals surface area (Å²) >= 11 is 6.21. The van der Waals surface area contributed by atoms with Gasteiger partial charge in [0.25, 0.3) is 5.91 Å². The molecule has 0 saturated carbocycles. The lowest BCUT2D eigenvalue weighted by atomic mass is 10.1. The van der Waals surface area contributed by atoms with E-state index in [4.69, 9.17) is 21.1 Å². The third kappa shape index (κ3) is 4.01. The monoisotopic (exact) mass is 438 g/mol. The Balaban J connectivity index is 1.86. The number of hydrogen-bond acceptors (Lipinski definition) is 6. The highest BCUT2D eigenvalue weighted by Gasteiger charge is 2.42. The number of benzene rings is 2. The minimum Gasteiger partial charge on any atom is -0.493 e. The third-order valence-electron chi connectivity index (χ3n) is 4.43. The zero-order valence-electron chi connectivity index (χ0n) is 15.9. The van der Waals surface area contributed by atoms with E-state index in [2.05, 4.69) is 5.32 Å². The summed E-state index contributed by atoms with van der Waals surface area (Å²) in [7, 11) is -0.769. The average molecular weight is 439 g/mol. The Hall–Kier alpha value is -2.78. The van der Waals surface area contributed by atoms with Gasteiger partial charge in [-0.1, -0.05) is 18.5 Å². The molecular weight excluding hydrogens is 420 g/mol. The van der Waals surface area contributed by atoms with E-state index < -0.39 is 27.8 Å². The Kier molecular flexibility index (Phi) is 5.72. The molecule has 1 N–H and O–H groups in total. The van der Waals surface area contributed by atoms with Crippen LogP contribution in [0.1, 0.15) is 17.3 Å². The van der Waals surface area contributed by atoms with Crippen LogP contribution >= 0.6 is 11.6 Å². The fourth-order valence-electron chi connectivity index (χ4n) is 3.01. The molecule has 2 aromatic carbocycles. The van der Waals surface area contributed by atoms with Crippen molar-refractivity contribution in [2.45, 2.75) is 6.92 Å². The van der Waals surface area contributed by atoms with Crippen LogP contribution in [-0.4, -0.2) is 40.2 Å². The molecule has 1 fully saturated rings. The van der Waals surface area contributed by atoms with Gasteiger partial charge in [0.1, 0.15) is 0 Å². The molecule has 154 valence electrons.